The van der Waals surface area contributed by atoms with Gasteiger partial charge in [0.15, 0.2) is 5.92 Å². The molecule has 0 aliphatic carbocycles. The van der Waals surface area contributed by atoms with Crippen LogP contribution in [0.1, 0.15) is 52.1 Å². The van der Waals surface area contributed by atoms with Crippen LogP contribution >= 0.6 is 11.3 Å². The lowest BCUT2D eigenvalue weighted by molar-refractivity contribution is 0.0973. The molecule has 0 saturated carbocycles. The van der Waals surface area contributed by atoms with E-state index in [0.29, 0.717) is 10.7 Å². The molecule has 5 nitrogen and oxygen atoms in total. The molecule has 0 amide bonds. The number of fused-ring (bicyclic) bond motifs is 1. The molecule has 0 N–H and O–H groups in total. The first kappa shape index (κ1) is 17.6. The Morgan fingerprint density at radius 2 is 2.04 bits per heavy atom. The average molecular weight is 376 g/mol. The van der Waals surface area contributed by atoms with E-state index in [4.69, 9.17) is 4.98 Å². The smallest absolute Gasteiger partial charge is 0.207 e. The van der Waals surface area contributed by atoms with Crippen LogP contribution in [0.5, 0.6) is 0 Å². The van der Waals surface area contributed by atoms with Gasteiger partial charge in [0.25, 0.3) is 0 Å². The molecule has 6 heteroatoms. The second-order valence-electron chi connectivity index (χ2n) is 6.81. The highest BCUT2D eigenvalue weighted by Gasteiger charge is 2.31. The van der Waals surface area contributed by atoms with Crippen LogP contribution in [0.15, 0.2) is 35.7 Å². The van der Waals surface area contributed by atoms with Crippen molar-refractivity contribution >= 4 is 17.1 Å². The molecule has 0 fully saturated rings. The van der Waals surface area contributed by atoms with E-state index in [9.17, 15) is 10.1 Å². The van der Waals surface area contributed by atoms with E-state index >= 15 is 0 Å². The summed E-state index contributed by atoms with van der Waals surface area (Å²) in [5.41, 5.74) is 3.23. The van der Waals surface area contributed by atoms with Gasteiger partial charge < -0.3 is 4.57 Å². The Labute approximate surface area is 162 Å². The van der Waals surface area contributed by atoms with E-state index in [1.54, 1.807) is 0 Å². The number of nitrogens with zero attached hydrogens (tertiary/aromatic N) is 4. The van der Waals surface area contributed by atoms with Crippen LogP contribution in [0.2, 0.25) is 0 Å². The number of carbonyl (C=O) groups is 1. The minimum atomic E-state index is -0.893. The number of rotatable bonds is 4. The van der Waals surface area contributed by atoms with Gasteiger partial charge in [0.2, 0.25) is 5.78 Å². The first-order valence-corrected chi connectivity index (χ1v) is 10.1. The van der Waals surface area contributed by atoms with Crippen molar-refractivity contribution in [2.45, 2.75) is 45.1 Å². The van der Waals surface area contributed by atoms with Crippen molar-refractivity contribution in [2.75, 3.05) is 0 Å². The van der Waals surface area contributed by atoms with Crippen molar-refractivity contribution in [3.8, 4) is 17.5 Å². The van der Waals surface area contributed by atoms with E-state index in [1.165, 1.54) is 11.3 Å². The zero-order valence-electron chi connectivity index (χ0n) is 15.2. The number of hydrogen-bond acceptors (Lipinski definition) is 5. The molecule has 4 rings (SSSR count). The highest BCUT2D eigenvalue weighted by molar-refractivity contribution is 7.10. The zero-order valence-corrected chi connectivity index (χ0v) is 16.0. The summed E-state index contributed by atoms with van der Waals surface area (Å²) in [4.78, 5) is 22.4. The molecule has 1 atom stereocenters. The molecule has 0 spiro atoms. The highest BCUT2D eigenvalue weighted by atomic mass is 32.1. The average Bonchev–Trinajstić information content (AvgIpc) is 3.18. The predicted molar refractivity (Wildman–Crippen MR) is 105 cm³/mol. The number of thiazole rings is 1. The minimum absolute atomic E-state index is 0.236. The molecular formula is C21H20N4OS. The summed E-state index contributed by atoms with van der Waals surface area (Å²) in [7, 11) is 0. The fourth-order valence-corrected chi connectivity index (χ4v) is 4.43. The monoisotopic (exact) mass is 376 g/mol. The van der Waals surface area contributed by atoms with Crippen molar-refractivity contribution < 1.29 is 4.79 Å². The first-order valence-electron chi connectivity index (χ1n) is 9.19. The third-order valence-electron chi connectivity index (χ3n) is 4.91. The number of hydrogen-bond donors (Lipinski definition) is 0. The summed E-state index contributed by atoms with van der Waals surface area (Å²) < 4.78 is 2.18. The molecule has 0 radical (unpaired) electrons. The van der Waals surface area contributed by atoms with Gasteiger partial charge in [0.1, 0.15) is 16.5 Å². The molecule has 136 valence electrons. The van der Waals surface area contributed by atoms with Crippen molar-refractivity contribution in [2.24, 2.45) is 0 Å². The Morgan fingerprint density at radius 3 is 2.74 bits per heavy atom. The Bertz CT molecular complexity index is 1010. The predicted octanol–water partition coefficient (Wildman–Crippen LogP) is 4.53. The molecule has 3 heterocycles. The quantitative estimate of drug-likeness (QED) is 0.627. The lowest BCUT2D eigenvalue weighted by Gasteiger charge is -2.09. The number of aromatic nitrogens is 3. The molecule has 0 bridgehead atoms. The highest BCUT2D eigenvalue weighted by Crippen LogP contribution is 2.31. The molecule has 3 aromatic rings. The van der Waals surface area contributed by atoms with Gasteiger partial charge in [0.05, 0.1) is 6.07 Å². The number of aryl methyl sites for hydroxylation is 1. The van der Waals surface area contributed by atoms with Gasteiger partial charge in [-0.1, -0.05) is 36.8 Å². The maximum Gasteiger partial charge on any atom is 0.207 e. The van der Waals surface area contributed by atoms with Crippen molar-refractivity contribution in [3.63, 3.8) is 0 Å². The van der Waals surface area contributed by atoms with Gasteiger partial charge in [-0.25, -0.2) is 9.97 Å². The van der Waals surface area contributed by atoms with E-state index in [0.717, 1.165) is 55.0 Å². The Hall–Kier alpha value is -2.78. The number of nitriles is 1. The van der Waals surface area contributed by atoms with Crippen LogP contribution in [0, 0.1) is 18.3 Å². The van der Waals surface area contributed by atoms with Gasteiger partial charge in [-0.2, -0.15) is 5.26 Å². The van der Waals surface area contributed by atoms with Gasteiger partial charge in [0, 0.05) is 28.9 Å². The van der Waals surface area contributed by atoms with Crippen LogP contribution in [-0.4, -0.2) is 20.3 Å². The van der Waals surface area contributed by atoms with E-state index in [1.807, 2.05) is 42.6 Å². The molecule has 2 aromatic heterocycles. The van der Waals surface area contributed by atoms with Crippen LogP contribution in [0.3, 0.4) is 0 Å². The fourth-order valence-electron chi connectivity index (χ4n) is 3.59. The Kier molecular flexibility index (Phi) is 4.87. The summed E-state index contributed by atoms with van der Waals surface area (Å²) in [5.74, 6) is -0.308. The van der Waals surface area contributed by atoms with Crippen LogP contribution in [0.4, 0.5) is 0 Å². The molecule has 0 saturated heterocycles. The fraction of sp³-hybridized carbons (Fsp3) is 0.333. The van der Waals surface area contributed by atoms with E-state index in [2.05, 4.69) is 15.6 Å². The van der Waals surface area contributed by atoms with Crippen molar-refractivity contribution in [1.82, 2.24) is 14.5 Å². The standard InChI is InChI=1S/C21H20N4OS/c1-14-13-27-21(23-14)16(12-22)19(26)18-17-10-6-3-7-11-25(17)20(24-18)15-8-4-2-5-9-15/h2,4-5,8-9,13,16H,3,6-7,10-11H2,1H3/t16-/m1/s1. The Morgan fingerprint density at radius 1 is 1.22 bits per heavy atom. The Balaban J connectivity index is 1.81. The summed E-state index contributed by atoms with van der Waals surface area (Å²) in [5, 5.41) is 12.1. The van der Waals surface area contributed by atoms with Crippen LogP contribution in [-0.2, 0) is 13.0 Å². The normalized spacial score (nSPS) is 14.8. The SMILES string of the molecule is Cc1csc([C@H](C#N)C(=O)c2nc(-c3ccccc3)n3c2CCCCC3)n1. The first-order chi connectivity index (χ1) is 13.2. The second-order valence-corrected chi connectivity index (χ2v) is 7.70. The number of Topliss-reactive ketones (excluding diaryl/α,β-unsaturated/α-hetero) is 1. The van der Waals surface area contributed by atoms with Crippen LogP contribution in [0.25, 0.3) is 11.4 Å². The molecule has 0 unspecified atom stereocenters. The van der Waals surface area contributed by atoms with Crippen LogP contribution < -0.4 is 0 Å². The summed E-state index contributed by atoms with van der Waals surface area (Å²) in [6, 6.07) is 12.1. The third kappa shape index (κ3) is 3.31. The largest absolute Gasteiger partial charge is 0.327 e. The molecule has 27 heavy (non-hydrogen) atoms. The van der Waals surface area contributed by atoms with E-state index < -0.39 is 5.92 Å². The van der Waals surface area contributed by atoms with Crippen molar-refractivity contribution in [1.29, 1.82) is 5.26 Å². The van der Waals surface area contributed by atoms with Gasteiger partial charge in [-0.3, -0.25) is 4.79 Å². The third-order valence-corrected chi connectivity index (χ3v) is 5.94. The van der Waals surface area contributed by atoms with Gasteiger partial charge >= 0.3 is 0 Å². The lowest BCUT2D eigenvalue weighted by Crippen LogP contribution is -2.14. The number of imidazole rings is 1. The molecular weight excluding hydrogens is 356 g/mol. The summed E-state index contributed by atoms with van der Waals surface area (Å²) in [6.45, 7) is 2.72. The molecule has 1 aliphatic rings. The number of benzene rings is 1. The minimum Gasteiger partial charge on any atom is -0.327 e. The second kappa shape index (κ2) is 7.45. The zero-order chi connectivity index (χ0) is 18.8. The number of carbonyl (C=O) groups excluding carboxylic acids is 1. The molecule has 1 aliphatic heterocycles. The topological polar surface area (TPSA) is 71.6 Å². The van der Waals surface area contributed by atoms with Gasteiger partial charge in [-0.05, 0) is 26.2 Å². The van der Waals surface area contributed by atoms with Gasteiger partial charge in [-0.15, -0.1) is 11.3 Å². The summed E-state index contributed by atoms with van der Waals surface area (Å²) >= 11 is 1.36. The maximum atomic E-state index is 13.3. The van der Waals surface area contributed by atoms with Crippen molar-refractivity contribution in [3.05, 3.63) is 57.8 Å². The summed E-state index contributed by atoms with van der Waals surface area (Å²) in [6.07, 6.45) is 4.06. The van der Waals surface area contributed by atoms with E-state index in [-0.39, 0.29) is 5.78 Å². The lowest BCUT2D eigenvalue weighted by atomic mass is 10.0. The molecule has 1 aromatic carbocycles. The number of ketones is 1. The maximum absolute atomic E-state index is 13.3.